The van der Waals surface area contributed by atoms with Crippen molar-refractivity contribution in [3.05, 3.63) is 29.1 Å². The molecule has 4 heteroatoms. The summed E-state index contributed by atoms with van der Waals surface area (Å²) in [5, 5.41) is 0. The van der Waals surface area contributed by atoms with E-state index in [9.17, 15) is 9.18 Å². The van der Waals surface area contributed by atoms with Gasteiger partial charge in [-0.2, -0.15) is 0 Å². The number of likely N-dealkylation sites (N-methyl/N-ethyl adjacent to an activating group) is 1. The standard InChI is InChI=1S/C16H22FNO2/c1-11-8-16(14(12(2)19)9-15(11)17)18(3)6-7-20-10-13-4-5-13/h8-9,13H,4-7,10H2,1-3H3. The molecular formula is C16H22FNO2. The number of nitrogens with zero attached hydrogens (tertiary/aromatic N) is 1. The first-order valence-corrected chi connectivity index (χ1v) is 7.09. The van der Waals surface area contributed by atoms with Gasteiger partial charge in [0.05, 0.1) is 6.61 Å². The second-order valence-electron chi connectivity index (χ2n) is 5.61. The van der Waals surface area contributed by atoms with Gasteiger partial charge in [0.2, 0.25) is 0 Å². The lowest BCUT2D eigenvalue weighted by Gasteiger charge is -2.22. The highest BCUT2D eigenvalue weighted by Gasteiger charge is 2.21. The molecule has 0 amide bonds. The molecule has 0 atom stereocenters. The number of aryl methyl sites for hydroxylation is 1. The van der Waals surface area contributed by atoms with Crippen LogP contribution in [-0.2, 0) is 4.74 Å². The Morgan fingerprint density at radius 2 is 2.15 bits per heavy atom. The summed E-state index contributed by atoms with van der Waals surface area (Å²) in [6, 6.07) is 3.06. The van der Waals surface area contributed by atoms with Gasteiger partial charge in [0, 0.05) is 31.5 Å². The van der Waals surface area contributed by atoms with Crippen molar-refractivity contribution in [2.24, 2.45) is 5.92 Å². The van der Waals surface area contributed by atoms with Crippen LogP contribution in [0, 0.1) is 18.7 Å². The fourth-order valence-electron chi connectivity index (χ4n) is 2.12. The first-order valence-electron chi connectivity index (χ1n) is 7.09. The maximum absolute atomic E-state index is 13.6. The second-order valence-corrected chi connectivity index (χ2v) is 5.61. The fraction of sp³-hybridized carbons (Fsp3) is 0.562. The molecule has 0 N–H and O–H groups in total. The van der Waals surface area contributed by atoms with E-state index < -0.39 is 0 Å². The SMILES string of the molecule is CC(=O)c1cc(F)c(C)cc1N(C)CCOCC1CC1. The van der Waals surface area contributed by atoms with Gasteiger partial charge in [0.15, 0.2) is 5.78 Å². The van der Waals surface area contributed by atoms with Gasteiger partial charge in [0.1, 0.15) is 5.82 Å². The predicted molar refractivity (Wildman–Crippen MR) is 78.0 cm³/mol. The van der Waals surface area contributed by atoms with Gasteiger partial charge in [-0.3, -0.25) is 4.79 Å². The molecule has 1 aliphatic rings. The topological polar surface area (TPSA) is 29.5 Å². The van der Waals surface area contributed by atoms with Gasteiger partial charge in [-0.25, -0.2) is 4.39 Å². The first-order chi connectivity index (χ1) is 9.49. The number of ketones is 1. The highest BCUT2D eigenvalue weighted by atomic mass is 19.1. The first kappa shape index (κ1) is 15.0. The van der Waals surface area contributed by atoms with E-state index >= 15 is 0 Å². The smallest absolute Gasteiger partial charge is 0.161 e. The van der Waals surface area contributed by atoms with Crippen LogP contribution < -0.4 is 4.90 Å². The Morgan fingerprint density at radius 1 is 1.45 bits per heavy atom. The second kappa shape index (κ2) is 6.35. The van der Waals surface area contributed by atoms with Crippen molar-refractivity contribution in [2.45, 2.75) is 26.7 Å². The fourth-order valence-corrected chi connectivity index (χ4v) is 2.12. The summed E-state index contributed by atoms with van der Waals surface area (Å²) in [5.41, 5.74) is 1.75. The summed E-state index contributed by atoms with van der Waals surface area (Å²) < 4.78 is 19.2. The number of rotatable bonds is 7. The highest BCUT2D eigenvalue weighted by Crippen LogP contribution is 2.29. The van der Waals surface area contributed by atoms with Crippen molar-refractivity contribution in [3.63, 3.8) is 0 Å². The van der Waals surface area contributed by atoms with Crippen LogP contribution in [0.25, 0.3) is 0 Å². The van der Waals surface area contributed by atoms with E-state index in [1.54, 1.807) is 13.0 Å². The van der Waals surface area contributed by atoms with Gasteiger partial charge in [-0.15, -0.1) is 0 Å². The summed E-state index contributed by atoms with van der Waals surface area (Å²) >= 11 is 0. The van der Waals surface area contributed by atoms with Crippen LogP contribution in [0.3, 0.4) is 0 Å². The normalized spacial score (nSPS) is 14.4. The van der Waals surface area contributed by atoms with E-state index in [1.165, 1.54) is 25.8 Å². The molecule has 0 heterocycles. The molecule has 3 nitrogen and oxygen atoms in total. The Kier molecular flexibility index (Phi) is 4.76. The molecule has 0 aromatic heterocycles. The molecular weight excluding hydrogens is 257 g/mol. The van der Waals surface area contributed by atoms with E-state index in [0.717, 1.165) is 18.2 Å². The summed E-state index contributed by atoms with van der Waals surface area (Å²) in [6.45, 7) is 5.32. The summed E-state index contributed by atoms with van der Waals surface area (Å²) in [5.74, 6) is 0.295. The lowest BCUT2D eigenvalue weighted by molar-refractivity contribution is 0.101. The van der Waals surface area contributed by atoms with Gasteiger partial charge < -0.3 is 9.64 Å². The Labute approximate surface area is 119 Å². The van der Waals surface area contributed by atoms with Crippen LogP contribution in [0.1, 0.15) is 35.7 Å². The number of carbonyl (C=O) groups excluding carboxylic acids is 1. The minimum Gasteiger partial charge on any atom is -0.379 e. The third-order valence-corrected chi connectivity index (χ3v) is 3.69. The molecule has 1 saturated carbocycles. The van der Waals surface area contributed by atoms with Crippen molar-refractivity contribution < 1.29 is 13.9 Å². The van der Waals surface area contributed by atoms with E-state index in [4.69, 9.17) is 4.74 Å². The van der Waals surface area contributed by atoms with Crippen molar-refractivity contribution >= 4 is 11.5 Å². The summed E-state index contributed by atoms with van der Waals surface area (Å²) in [7, 11) is 1.90. The maximum Gasteiger partial charge on any atom is 0.161 e. The van der Waals surface area contributed by atoms with Crippen LogP contribution in [0.5, 0.6) is 0 Å². The zero-order valence-electron chi connectivity index (χ0n) is 12.4. The number of hydrogen-bond acceptors (Lipinski definition) is 3. The largest absolute Gasteiger partial charge is 0.379 e. The average Bonchev–Trinajstić information content (AvgIpc) is 3.21. The number of anilines is 1. The monoisotopic (exact) mass is 279 g/mol. The molecule has 0 aliphatic heterocycles. The highest BCUT2D eigenvalue weighted by molar-refractivity contribution is 5.99. The van der Waals surface area contributed by atoms with Gasteiger partial charge in [-0.1, -0.05) is 0 Å². The Balaban J connectivity index is 2.00. The van der Waals surface area contributed by atoms with Crippen molar-refractivity contribution in [1.29, 1.82) is 0 Å². The number of ether oxygens (including phenoxy) is 1. The van der Waals surface area contributed by atoms with Crippen LogP contribution in [0.15, 0.2) is 12.1 Å². The maximum atomic E-state index is 13.6. The molecule has 0 spiro atoms. The van der Waals surface area contributed by atoms with E-state index in [-0.39, 0.29) is 11.6 Å². The van der Waals surface area contributed by atoms with Gasteiger partial charge >= 0.3 is 0 Å². The van der Waals surface area contributed by atoms with Crippen molar-refractivity contribution in [2.75, 3.05) is 31.7 Å². The quantitative estimate of drug-likeness (QED) is 0.567. The molecule has 1 aliphatic carbocycles. The number of benzene rings is 1. The van der Waals surface area contributed by atoms with Crippen LogP contribution >= 0.6 is 0 Å². The lowest BCUT2D eigenvalue weighted by Crippen LogP contribution is -2.25. The Morgan fingerprint density at radius 3 is 2.75 bits per heavy atom. The molecule has 0 saturated heterocycles. The van der Waals surface area contributed by atoms with E-state index in [1.807, 2.05) is 11.9 Å². The van der Waals surface area contributed by atoms with Crippen LogP contribution in [-0.4, -0.2) is 32.6 Å². The third kappa shape index (κ3) is 3.79. The molecule has 0 bridgehead atoms. The molecule has 110 valence electrons. The molecule has 1 fully saturated rings. The number of hydrogen-bond donors (Lipinski definition) is 0. The molecule has 1 aromatic carbocycles. The van der Waals surface area contributed by atoms with Crippen LogP contribution in [0.2, 0.25) is 0 Å². The summed E-state index contributed by atoms with van der Waals surface area (Å²) in [4.78, 5) is 13.6. The van der Waals surface area contributed by atoms with Crippen LogP contribution in [0.4, 0.5) is 10.1 Å². The number of carbonyl (C=O) groups is 1. The molecule has 0 radical (unpaired) electrons. The third-order valence-electron chi connectivity index (χ3n) is 3.69. The van der Waals surface area contributed by atoms with E-state index in [0.29, 0.717) is 24.3 Å². The van der Waals surface area contributed by atoms with Crippen molar-refractivity contribution in [1.82, 2.24) is 0 Å². The zero-order chi connectivity index (χ0) is 14.7. The summed E-state index contributed by atoms with van der Waals surface area (Å²) in [6.07, 6.45) is 2.56. The molecule has 2 rings (SSSR count). The lowest BCUT2D eigenvalue weighted by atomic mass is 10.1. The predicted octanol–water partition coefficient (Wildman–Crippen LogP) is 3.20. The number of halogens is 1. The van der Waals surface area contributed by atoms with Gasteiger partial charge in [-0.05, 0) is 50.3 Å². The minimum absolute atomic E-state index is 0.121. The number of Topliss-reactive ketones (excluding diaryl/α,β-unsaturated/α-hetero) is 1. The average molecular weight is 279 g/mol. The molecule has 0 unspecified atom stereocenters. The minimum atomic E-state index is -0.336. The van der Waals surface area contributed by atoms with Gasteiger partial charge in [0.25, 0.3) is 0 Å². The molecule has 1 aromatic rings. The molecule has 20 heavy (non-hydrogen) atoms. The Hall–Kier alpha value is -1.42. The Bertz CT molecular complexity index is 497. The zero-order valence-corrected chi connectivity index (χ0v) is 12.4. The van der Waals surface area contributed by atoms with E-state index in [2.05, 4.69) is 0 Å². The van der Waals surface area contributed by atoms with Crippen molar-refractivity contribution in [3.8, 4) is 0 Å².